The van der Waals surface area contributed by atoms with E-state index < -0.39 is 6.10 Å². The molecule has 2 nitrogen and oxygen atoms in total. The molecule has 1 aliphatic carbocycles. The molecular weight excluding hydrogens is 234 g/mol. The fraction of sp³-hybridized carbons (Fsp3) is 0.647. The zero-order valence-corrected chi connectivity index (χ0v) is 12.7. The summed E-state index contributed by atoms with van der Waals surface area (Å²) in [6.45, 7) is 4.39. The first-order valence-corrected chi connectivity index (χ1v) is 7.38. The lowest BCUT2D eigenvalue weighted by Gasteiger charge is -2.48. The third-order valence-electron chi connectivity index (χ3n) is 4.77. The van der Waals surface area contributed by atoms with Crippen LogP contribution in [0.3, 0.4) is 0 Å². The maximum absolute atomic E-state index is 11.0. The number of hydrogen-bond acceptors (Lipinski definition) is 2. The summed E-state index contributed by atoms with van der Waals surface area (Å²) in [5.41, 5.74) is 2.17. The first kappa shape index (κ1) is 14.5. The van der Waals surface area contributed by atoms with Gasteiger partial charge in [0.25, 0.3) is 0 Å². The minimum Gasteiger partial charge on any atom is -0.386 e. The fourth-order valence-corrected chi connectivity index (χ4v) is 3.61. The van der Waals surface area contributed by atoms with Crippen molar-refractivity contribution in [1.29, 1.82) is 0 Å². The Bertz CT molecular complexity index is 429. The highest BCUT2D eigenvalue weighted by molar-refractivity contribution is 5.27. The molecule has 0 heterocycles. The molecule has 0 spiro atoms. The molecule has 3 atom stereocenters. The van der Waals surface area contributed by atoms with Gasteiger partial charge in [0.2, 0.25) is 0 Å². The monoisotopic (exact) mass is 261 g/mol. The van der Waals surface area contributed by atoms with Crippen molar-refractivity contribution in [3.8, 4) is 0 Å². The molecule has 1 aliphatic rings. The van der Waals surface area contributed by atoms with Crippen LogP contribution in [0.4, 0.5) is 0 Å². The van der Waals surface area contributed by atoms with E-state index in [1.54, 1.807) is 0 Å². The molecule has 2 heteroatoms. The van der Waals surface area contributed by atoms with Gasteiger partial charge < -0.3 is 10.0 Å². The summed E-state index contributed by atoms with van der Waals surface area (Å²) >= 11 is 0. The Morgan fingerprint density at radius 1 is 1.37 bits per heavy atom. The minimum absolute atomic E-state index is 0.106. The van der Waals surface area contributed by atoms with E-state index >= 15 is 0 Å². The van der Waals surface area contributed by atoms with Crippen LogP contribution >= 0.6 is 0 Å². The van der Waals surface area contributed by atoms with Gasteiger partial charge in [-0.3, -0.25) is 0 Å². The lowest BCUT2D eigenvalue weighted by molar-refractivity contribution is -0.0451. The topological polar surface area (TPSA) is 23.5 Å². The molecule has 19 heavy (non-hydrogen) atoms. The average molecular weight is 261 g/mol. The van der Waals surface area contributed by atoms with Crippen LogP contribution in [-0.2, 0) is 0 Å². The number of aryl methyl sites for hydroxylation is 1. The Labute approximate surface area is 117 Å². The molecule has 1 saturated carbocycles. The van der Waals surface area contributed by atoms with Crippen LogP contribution in [0.25, 0.3) is 0 Å². The average Bonchev–Trinajstić information content (AvgIpc) is 2.37. The van der Waals surface area contributed by atoms with E-state index in [1.807, 2.05) is 6.07 Å². The molecule has 1 aromatic rings. The number of aliphatic hydroxyl groups excluding tert-OH is 1. The second-order valence-electron chi connectivity index (χ2n) is 6.52. The van der Waals surface area contributed by atoms with Crippen LogP contribution in [0.15, 0.2) is 24.3 Å². The molecule has 2 rings (SSSR count). The SMILES string of the molecule is Cc1cccc(C(O)C2(N(C)C)CCCC(C)C2)c1. The van der Waals surface area contributed by atoms with Crippen LogP contribution in [0, 0.1) is 12.8 Å². The van der Waals surface area contributed by atoms with Crippen LogP contribution in [0.1, 0.15) is 49.8 Å². The van der Waals surface area contributed by atoms with Crippen molar-refractivity contribution >= 4 is 0 Å². The van der Waals surface area contributed by atoms with Crippen molar-refractivity contribution in [2.24, 2.45) is 5.92 Å². The lowest BCUT2D eigenvalue weighted by Crippen LogP contribution is -2.52. The molecule has 1 aromatic carbocycles. The lowest BCUT2D eigenvalue weighted by atomic mass is 9.70. The summed E-state index contributed by atoms with van der Waals surface area (Å²) in [7, 11) is 4.22. The van der Waals surface area contributed by atoms with Gasteiger partial charge in [-0.25, -0.2) is 0 Å². The van der Waals surface area contributed by atoms with Crippen LogP contribution in [-0.4, -0.2) is 29.6 Å². The number of rotatable bonds is 3. The van der Waals surface area contributed by atoms with Crippen LogP contribution < -0.4 is 0 Å². The summed E-state index contributed by atoms with van der Waals surface area (Å²) in [5, 5.41) is 11.0. The largest absolute Gasteiger partial charge is 0.386 e. The second kappa shape index (κ2) is 5.64. The summed E-state index contributed by atoms with van der Waals surface area (Å²) < 4.78 is 0. The Kier molecular flexibility index (Phi) is 4.32. The number of nitrogens with zero attached hydrogens (tertiary/aromatic N) is 1. The van der Waals surface area contributed by atoms with Crippen LogP contribution in [0.2, 0.25) is 0 Å². The Morgan fingerprint density at radius 3 is 2.68 bits per heavy atom. The normalized spacial score (nSPS) is 29.5. The standard InChI is InChI=1S/C17H27NO/c1-13-7-5-9-15(11-13)16(19)17(18(3)4)10-6-8-14(2)12-17/h5,7,9,11,14,16,19H,6,8,10,12H2,1-4H3. The second-order valence-corrected chi connectivity index (χ2v) is 6.52. The number of likely N-dealkylation sites (N-methyl/N-ethyl adjacent to an activating group) is 1. The first-order valence-electron chi connectivity index (χ1n) is 7.38. The molecule has 0 bridgehead atoms. The zero-order valence-electron chi connectivity index (χ0n) is 12.7. The van der Waals surface area contributed by atoms with Crippen molar-refractivity contribution in [2.45, 2.75) is 51.2 Å². The third kappa shape index (κ3) is 2.85. The van der Waals surface area contributed by atoms with Gasteiger partial charge in [0.1, 0.15) is 0 Å². The third-order valence-corrected chi connectivity index (χ3v) is 4.77. The summed E-state index contributed by atoms with van der Waals surface area (Å²) in [6, 6.07) is 8.31. The van der Waals surface area contributed by atoms with E-state index in [1.165, 1.54) is 18.4 Å². The number of aliphatic hydroxyl groups is 1. The smallest absolute Gasteiger partial charge is 0.0973 e. The predicted octanol–water partition coefficient (Wildman–Crippen LogP) is 3.54. The van der Waals surface area contributed by atoms with Gasteiger partial charge in [-0.2, -0.15) is 0 Å². The highest BCUT2D eigenvalue weighted by atomic mass is 16.3. The Hall–Kier alpha value is -0.860. The summed E-state index contributed by atoms with van der Waals surface area (Å²) in [4.78, 5) is 2.25. The predicted molar refractivity (Wildman–Crippen MR) is 80.2 cm³/mol. The molecule has 1 fully saturated rings. The minimum atomic E-state index is -0.398. The van der Waals surface area contributed by atoms with Gasteiger partial charge in [-0.1, -0.05) is 49.6 Å². The van der Waals surface area contributed by atoms with Gasteiger partial charge in [0.05, 0.1) is 11.6 Å². The highest BCUT2D eigenvalue weighted by Crippen LogP contribution is 2.44. The van der Waals surface area contributed by atoms with Gasteiger partial charge in [0, 0.05) is 0 Å². The van der Waals surface area contributed by atoms with E-state index in [-0.39, 0.29) is 5.54 Å². The van der Waals surface area contributed by atoms with Crippen molar-refractivity contribution in [3.05, 3.63) is 35.4 Å². The summed E-state index contributed by atoms with van der Waals surface area (Å²) in [6.07, 6.45) is 4.26. The van der Waals surface area contributed by atoms with Crippen molar-refractivity contribution in [3.63, 3.8) is 0 Å². The highest BCUT2D eigenvalue weighted by Gasteiger charge is 2.43. The Morgan fingerprint density at radius 2 is 2.11 bits per heavy atom. The van der Waals surface area contributed by atoms with Crippen molar-refractivity contribution in [2.75, 3.05) is 14.1 Å². The Balaban J connectivity index is 2.33. The summed E-state index contributed by atoms with van der Waals surface area (Å²) in [5.74, 6) is 0.690. The van der Waals surface area contributed by atoms with Crippen LogP contribution in [0.5, 0.6) is 0 Å². The van der Waals surface area contributed by atoms with Gasteiger partial charge >= 0.3 is 0 Å². The number of hydrogen-bond donors (Lipinski definition) is 1. The fourth-order valence-electron chi connectivity index (χ4n) is 3.61. The molecule has 1 N–H and O–H groups in total. The molecule has 0 aliphatic heterocycles. The van der Waals surface area contributed by atoms with E-state index in [0.29, 0.717) is 5.92 Å². The first-order chi connectivity index (χ1) is 8.95. The van der Waals surface area contributed by atoms with Gasteiger partial charge in [-0.15, -0.1) is 0 Å². The quantitative estimate of drug-likeness (QED) is 0.899. The van der Waals surface area contributed by atoms with Crippen molar-refractivity contribution < 1.29 is 5.11 Å². The molecule has 3 unspecified atom stereocenters. The van der Waals surface area contributed by atoms with Gasteiger partial charge in [0.15, 0.2) is 0 Å². The van der Waals surface area contributed by atoms with E-state index in [2.05, 4.69) is 51.0 Å². The number of benzene rings is 1. The van der Waals surface area contributed by atoms with Gasteiger partial charge in [-0.05, 0) is 45.3 Å². The zero-order chi connectivity index (χ0) is 14.0. The van der Waals surface area contributed by atoms with E-state index in [0.717, 1.165) is 18.4 Å². The molecular formula is C17H27NO. The maximum atomic E-state index is 11.0. The molecule has 0 aromatic heterocycles. The molecule has 106 valence electrons. The molecule has 0 radical (unpaired) electrons. The van der Waals surface area contributed by atoms with Crippen molar-refractivity contribution in [1.82, 2.24) is 4.90 Å². The van der Waals surface area contributed by atoms with E-state index in [9.17, 15) is 5.11 Å². The molecule has 0 amide bonds. The molecule has 0 saturated heterocycles. The maximum Gasteiger partial charge on any atom is 0.0973 e. The van der Waals surface area contributed by atoms with E-state index in [4.69, 9.17) is 0 Å².